The summed E-state index contributed by atoms with van der Waals surface area (Å²) in [5.41, 5.74) is 0.100. The Kier molecular flexibility index (Phi) is 9.27. The average molecular weight is 574 g/mol. The SMILES string of the molecule is CCOC(=O)C(C=NCCO)=C(O)c1cc(I)cc([N+](=O)[O-])c1CI. The molecule has 0 saturated carbocycles. The highest BCUT2D eigenvalue weighted by molar-refractivity contribution is 14.1. The van der Waals surface area contributed by atoms with Gasteiger partial charge in [-0.2, -0.15) is 0 Å². The first-order valence-electron chi connectivity index (χ1n) is 7.11. The number of nitro benzene ring substituents is 1. The summed E-state index contributed by atoms with van der Waals surface area (Å²) in [5.74, 6) is -1.25. The van der Waals surface area contributed by atoms with Crippen LogP contribution in [0, 0.1) is 13.7 Å². The lowest BCUT2D eigenvalue weighted by Crippen LogP contribution is -2.13. The quantitative estimate of drug-likeness (QED) is 0.0720. The zero-order chi connectivity index (χ0) is 19.0. The van der Waals surface area contributed by atoms with E-state index in [0.29, 0.717) is 9.13 Å². The Morgan fingerprint density at radius 1 is 1.48 bits per heavy atom. The van der Waals surface area contributed by atoms with Gasteiger partial charge in [0.15, 0.2) is 0 Å². The van der Waals surface area contributed by atoms with Crippen LogP contribution in [0.4, 0.5) is 5.69 Å². The molecule has 0 atom stereocenters. The van der Waals surface area contributed by atoms with E-state index in [0.717, 1.165) is 6.21 Å². The summed E-state index contributed by atoms with van der Waals surface area (Å²) in [6, 6.07) is 2.95. The lowest BCUT2D eigenvalue weighted by Gasteiger charge is -2.11. The molecule has 0 bridgehead atoms. The number of rotatable bonds is 8. The van der Waals surface area contributed by atoms with Crippen molar-refractivity contribution in [3.8, 4) is 0 Å². The number of carbonyl (C=O) groups is 1. The number of nitrogens with zero attached hydrogens (tertiary/aromatic N) is 2. The molecule has 0 aromatic heterocycles. The molecule has 0 saturated heterocycles. The van der Waals surface area contributed by atoms with Gasteiger partial charge in [0, 0.05) is 25.8 Å². The van der Waals surface area contributed by atoms with E-state index < -0.39 is 16.7 Å². The van der Waals surface area contributed by atoms with Gasteiger partial charge in [-0.05, 0) is 35.6 Å². The van der Waals surface area contributed by atoms with Crippen LogP contribution >= 0.6 is 45.2 Å². The van der Waals surface area contributed by atoms with Crippen LogP contribution in [0.25, 0.3) is 5.76 Å². The summed E-state index contributed by atoms with van der Waals surface area (Å²) >= 11 is 3.85. The third-order valence-corrected chi connectivity index (χ3v) is 4.36. The number of halogens is 2. The van der Waals surface area contributed by atoms with E-state index in [-0.39, 0.29) is 41.0 Å². The number of esters is 1. The summed E-state index contributed by atoms with van der Waals surface area (Å²) in [7, 11) is 0. The highest BCUT2D eigenvalue weighted by atomic mass is 127. The van der Waals surface area contributed by atoms with Gasteiger partial charge in [-0.25, -0.2) is 4.79 Å². The fourth-order valence-electron chi connectivity index (χ4n) is 1.92. The van der Waals surface area contributed by atoms with E-state index >= 15 is 0 Å². The van der Waals surface area contributed by atoms with Crippen molar-refractivity contribution in [1.29, 1.82) is 0 Å². The van der Waals surface area contributed by atoms with Crippen molar-refractivity contribution in [2.45, 2.75) is 11.4 Å². The number of aliphatic hydroxyl groups is 2. The zero-order valence-corrected chi connectivity index (χ0v) is 17.6. The Balaban J connectivity index is 3.62. The van der Waals surface area contributed by atoms with Crippen molar-refractivity contribution in [3.63, 3.8) is 0 Å². The smallest absolute Gasteiger partial charge is 0.343 e. The molecule has 25 heavy (non-hydrogen) atoms. The molecular weight excluding hydrogens is 558 g/mol. The first-order valence-corrected chi connectivity index (χ1v) is 9.71. The van der Waals surface area contributed by atoms with Gasteiger partial charge in [-0.3, -0.25) is 15.1 Å². The molecule has 136 valence electrons. The second-order valence-electron chi connectivity index (χ2n) is 4.58. The molecule has 0 fully saturated rings. The molecule has 1 rings (SSSR count). The molecule has 8 nitrogen and oxygen atoms in total. The van der Waals surface area contributed by atoms with Crippen molar-refractivity contribution in [1.82, 2.24) is 0 Å². The van der Waals surface area contributed by atoms with Crippen LogP contribution in [-0.2, 0) is 14.0 Å². The minimum absolute atomic E-state index is 0.0435. The summed E-state index contributed by atoms with van der Waals surface area (Å²) in [5, 5.41) is 30.7. The maximum atomic E-state index is 12.1. The maximum absolute atomic E-state index is 12.1. The Bertz CT molecular complexity index is 718. The largest absolute Gasteiger partial charge is 0.506 e. The Labute approximate surface area is 171 Å². The van der Waals surface area contributed by atoms with E-state index in [1.807, 2.05) is 45.2 Å². The van der Waals surface area contributed by atoms with Gasteiger partial charge in [0.1, 0.15) is 11.3 Å². The molecule has 0 aliphatic rings. The van der Waals surface area contributed by atoms with E-state index in [4.69, 9.17) is 9.84 Å². The molecule has 0 heterocycles. The Morgan fingerprint density at radius 3 is 2.68 bits per heavy atom. The summed E-state index contributed by atoms with van der Waals surface area (Å²) in [6.45, 7) is 1.53. The summed E-state index contributed by atoms with van der Waals surface area (Å²) in [4.78, 5) is 26.7. The van der Waals surface area contributed by atoms with Gasteiger partial charge in [0.25, 0.3) is 5.69 Å². The zero-order valence-electron chi connectivity index (χ0n) is 13.2. The number of benzene rings is 1. The van der Waals surface area contributed by atoms with Gasteiger partial charge in [0.05, 0.1) is 30.2 Å². The molecule has 0 aliphatic carbocycles. The number of hydrogen-bond acceptors (Lipinski definition) is 7. The van der Waals surface area contributed by atoms with Gasteiger partial charge >= 0.3 is 5.97 Å². The van der Waals surface area contributed by atoms with Gasteiger partial charge in [-0.1, -0.05) is 22.6 Å². The van der Waals surface area contributed by atoms with Crippen LogP contribution in [0.15, 0.2) is 22.7 Å². The van der Waals surface area contributed by atoms with Gasteiger partial charge < -0.3 is 14.9 Å². The number of hydrogen-bond donors (Lipinski definition) is 2. The number of ether oxygens (including phenoxy) is 1. The molecule has 2 N–H and O–H groups in total. The Hall–Kier alpha value is -1.28. The fraction of sp³-hybridized carbons (Fsp3) is 0.333. The Morgan fingerprint density at radius 2 is 2.16 bits per heavy atom. The van der Waals surface area contributed by atoms with Crippen molar-refractivity contribution in [3.05, 3.63) is 42.5 Å². The average Bonchev–Trinajstić information content (AvgIpc) is 2.57. The van der Waals surface area contributed by atoms with Crippen LogP contribution in [0.5, 0.6) is 0 Å². The standard InChI is InChI=1S/C15H16I2N2O6/c1-2-25-15(22)12(8-18-3-4-20)14(21)10-5-9(17)6-13(19(23)24)11(10)7-16/h5-6,8,20-21H,2-4,7H2,1H3. The molecule has 1 aromatic rings. The van der Waals surface area contributed by atoms with Crippen LogP contribution in [0.1, 0.15) is 18.1 Å². The highest BCUT2D eigenvalue weighted by Gasteiger charge is 2.24. The molecule has 0 spiro atoms. The van der Waals surface area contributed by atoms with Crippen molar-refractivity contribution in [2.75, 3.05) is 19.8 Å². The second kappa shape index (κ2) is 10.7. The van der Waals surface area contributed by atoms with Gasteiger partial charge in [0.2, 0.25) is 0 Å². The van der Waals surface area contributed by atoms with E-state index in [1.165, 1.54) is 6.07 Å². The molecule has 0 aliphatic heterocycles. The predicted octanol–water partition coefficient (Wildman–Crippen LogP) is 3.03. The first kappa shape index (κ1) is 21.8. The first-order chi connectivity index (χ1) is 11.9. The van der Waals surface area contributed by atoms with Crippen LogP contribution in [-0.4, -0.2) is 47.1 Å². The summed E-state index contributed by atoms with van der Waals surface area (Å²) in [6.07, 6.45) is 1.10. The fourth-order valence-corrected chi connectivity index (χ4v) is 3.32. The normalized spacial score (nSPS) is 12.2. The van der Waals surface area contributed by atoms with Crippen LogP contribution in [0.3, 0.4) is 0 Å². The van der Waals surface area contributed by atoms with Crippen LogP contribution in [0.2, 0.25) is 0 Å². The van der Waals surface area contributed by atoms with Crippen molar-refractivity contribution >= 4 is 68.8 Å². The number of nitro groups is 1. The molecule has 0 radical (unpaired) electrons. The lowest BCUT2D eigenvalue weighted by molar-refractivity contribution is -0.385. The number of aliphatic imine (C=N–C) groups is 1. The monoisotopic (exact) mass is 574 g/mol. The third kappa shape index (κ3) is 5.88. The lowest BCUT2D eigenvalue weighted by atomic mass is 10.0. The molecule has 0 amide bonds. The predicted molar refractivity (Wildman–Crippen MR) is 110 cm³/mol. The summed E-state index contributed by atoms with van der Waals surface area (Å²) < 4.78 is 5.71. The minimum Gasteiger partial charge on any atom is -0.506 e. The second-order valence-corrected chi connectivity index (χ2v) is 6.59. The highest BCUT2D eigenvalue weighted by Crippen LogP contribution is 2.32. The van der Waals surface area contributed by atoms with Crippen molar-refractivity contribution < 1.29 is 24.7 Å². The minimum atomic E-state index is -0.803. The third-order valence-electron chi connectivity index (χ3n) is 2.98. The molecule has 0 unspecified atom stereocenters. The number of alkyl halides is 1. The van der Waals surface area contributed by atoms with E-state index in [1.54, 1.807) is 13.0 Å². The number of carbonyl (C=O) groups excluding carboxylic acids is 1. The van der Waals surface area contributed by atoms with E-state index in [2.05, 4.69) is 4.99 Å². The van der Waals surface area contributed by atoms with Crippen molar-refractivity contribution in [2.24, 2.45) is 4.99 Å². The topological polar surface area (TPSA) is 122 Å². The number of aliphatic hydroxyl groups excluding tert-OH is 2. The van der Waals surface area contributed by atoms with Crippen LogP contribution < -0.4 is 0 Å². The van der Waals surface area contributed by atoms with Gasteiger partial charge in [-0.15, -0.1) is 0 Å². The molecular formula is C15H16I2N2O6. The van der Waals surface area contributed by atoms with E-state index in [9.17, 15) is 20.0 Å². The maximum Gasteiger partial charge on any atom is 0.343 e. The molecule has 1 aromatic carbocycles. The molecule has 10 heteroatoms.